The van der Waals surface area contributed by atoms with Crippen LogP contribution in [0.15, 0.2) is 30.3 Å². The molecular formula is C18H26N2O3S. The summed E-state index contributed by atoms with van der Waals surface area (Å²) in [5, 5.41) is 2.74. The predicted octanol–water partition coefficient (Wildman–Crippen LogP) is 2.14. The van der Waals surface area contributed by atoms with Crippen molar-refractivity contribution in [1.29, 1.82) is 0 Å². The maximum Gasteiger partial charge on any atom is 0.240 e. The van der Waals surface area contributed by atoms with Crippen LogP contribution in [0.4, 0.5) is 0 Å². The number of nitrogens with one attached hydrogen (secondary N) is 1. The third kappa shape index (κ3) is 7.64. The number of nitrogens with two attached hydrogens (primary N) is 1. The Labute approximate surface area is 147 Å². The molecule has 0 saturated carbocycles. The van der Waals surface area contributed by atoms with Crippen molar-refractivity contribution in [3.05, 3.63) is 35.9 Å². The van der Waals surface area contributed by atoms with Crippen molar-refractivity contribution in [3.63, 3.8) is 0 Å². The van der Waals surface area contributed by atoms with Crippen LogP contribution in [0.25, 0.3) is 0 Å². The average molecular weight is 350 g/mol. The number of hydrogen-bond acceptors (Lipinski definition) is 4. The van der Waals surface area contributed by atoms with Gasteiger partial charge in [0, 0.05) is 25.0 Å². The molecule has 5 nitrogen and oxygen atoms in total. The van der Waals surface area contributed by atoms with Gasteiger partial charge in [-0.3, -0.25) is 14.4 Å². The Morgan fingerprint density at radius 1 is 1.17 bits per heavy atom. The molecule has 0 radical (unpaired) electrons. The van der Waals surface area contributed by atoms with Crippen molar-refractivity contribution in [2.75, 3.05) is 5.75 Å². The van der Waals surface area contributed by atoms with Gasteiger partial charge in [0.25, 0.3) is 0 Å². The molecule has 0 bridgehead atoms. The molecule has 0 fully saturated rings. The second-order valence-corrected chi connectivity index (χ2v) is 7.48. The average Bonchev–Trinajstić information content (AvgIpc) is 2.51. The van der Waals surface area contributed by atoms with Crippen LogP contribution in [-0.4, -0.2) is 28.7 Å². The van der Waals surface area contributed by atoms with Crippen molar-refractivity contribution in [2.24, 2.45) is 17.6 Å². The van der Waals surface area contributed by atoms with Crippen molar-refractivity contribution >= 4 is 28.7 Å². The van der Waals surface area contributed by atoms with Gasteiger partial charge in [-0.2, -0.15) is 0 Å². The fraction of sp³-hybridized carbons (Fsp3) is 0.500. The number of hydrogen-bond donors (Lipinski definition) is 2. The molecular weight excluding hydrogens is 324 g/mol. The number of thioether (sulfide) groups is 1. The van der Waals surface area contributed by atoms with E-state index in [9.17, 15) is 14.4 Å². The quantitative estimate of drug-likeness (QED) is 0.714. The molecule has 0 aliphatic heterocycles. The molecule has 0 aliphatic carbocycles. The van der Waals surface area contributed by atoms with E-state index < -0.39 is 11.9 Å². The lowest BCUT2D eigenvalue weighted by Gasteiger charge is -2.22. The molecule has 24 heavy (non-hydrogen) atoms. The smallest absolute Gasteiger partial charge is 0.240 e. The van der Waals surface area contributed by atoms with Crippen molar-refractivity contribution < 1.29 is 14.4 Å². The van der Waals surface area contributed by atoms with Gasteiger partial charge in [-0.05, 0) is 17.9 Å². The molecule has 1 aromatic rings. The van der Waals surface area contributed by atoms with Crippen LogP contribution in [-0.2, 0) is 20.8 Å². The molecule has 0 saturated heterocycles. The molecule has 1 unspecified atom stereocenters. The normalized spacial score (nSPS) is 13.3. The van der Waals surface area contributed by atoms with E-state index in [4.69, 9.17) is 5.73 Å². The maximum absolute atomic E-state index is 12.6. The molecule has 0 aliphatic rings. The summed E-state index contributed by atoms with van der Waals surface area (Å²) in [6.07, 6.45) is 1.01. The van der Waals surface area contributed by atoms with Crippen LogP contribution in [0.5, 0.6) is 0 Å². The maximum atomic E-state index is 12.6. The number of primary amides is 1. The minimum atomic E-state index is -0.753. The summed E-state index contributed by atoms with van der Waals surface area (Å²) in [7, 11) is 0. The zero-order chi connectivity index (χ0) is 18.1. The zero-order valence-electron chi connectivity index (χ0n) is 14.5. The Balaban J connectivity index is 2.75. The topological polar surface area (TPSA) is 89.3 Å². The Bertz CT molecular complexity index is 561. The Hall–Kier alpha value is -1.82. The summed E-state index contributed by atoms with van der Waals surface area (Å²) in [5.74, 6) is -0.381. The van der Waals surface area contributed by atoms with E-state index in [1.54, 1.807) is 0 Å². The fourth-order valence-electron chi connectivity index (χ4n) is 2.40. The van der Waals surface area contributed by atoms with Crippen molar-refractivity contribution in [1.82, 2.24) is 5.32 Å². The highest BCUT2D eigenvalue weighted by Gasteiger charge is 2.25. The Morgan fingerprint density at radius 3 is 2.29 bits per heavy atom. The van der Waals surface area contributed by atoms with Gasteiger partial charge in [0.2, 0.25) is 11.8 Å². The molecule has 2 amide bonds. The van der Waals surface area contributed by atoms with Gasteiger partial charge in [0.05, 0.1) is 0 Å². The monoisotopic (exact) mass is 350 g/mol. The summed E-state index contributed by atoms with van der Waals surface area (Å²) in [4.78, 5) is 35.4. The third-order valence-electron chi connectivity index (χ3n) is 3.56. The molecule has 0 heterocycles. The van der Waals surface area contributed by atoms with Crippen LogP contribution >= 0.6 is 11.8 Å². The molecule has 6 heteroatoms. The van der Waals surface area contributed by atoms with E-state index in [1.165, 1.54) is 6.92 Å². The van der Waals surface area contributed by atoms with E-state index in [-0.39, 0.29) is 16.9 Å². The highest BCUT2D eigenvalue weighted by Crippen LogP contribution is 2.18. The molecule has 2 atom stereocenters. The largest absolute Gasteiger partial charge is 0.368 e. The first kappa shape index (κ1) is 20.2. The van der Waals surface area contributed by atoms with Crippen molar-refractivity contribution in [2.45, 2.75) is 39.7 Å². The van der Waals surface area contributed by atoms with Gasteiger partial charge in [-0.1, -0.05) is 55.9 Å². The van der Waals surface area contributed by atoms with E-state index >= 15 is 0 Å². The number of rotatable bonds is 9. The number of carbonyl (C=O) groups is 3. The van der Waals surface area contributed by atoms with Crippen LogP contribution < -0.4 is 11.1 Å². The van der Waals surface area contributed by atoms with Crippen molar-refractivity contribution in [3.8, 4) is 0 Å². The van der Waals surface area contributed by atoms with Gasteiger partial charge < -0.3 is 11.1 Å². The predicted molar refractivity (Wildman–Crippen MR) is 97.4 cm³/mol. The Morgan fingerprint density at radius 2 is 1.79 bits per heavy atom. The lowest BCUT2D eigenvalue weighted by molar-refractivity contribution is -0.129. The number of amides is 2. The first-order chi connectivity index (χ1) is 11.3. The summed E-state index contributed by atoms with van der Waals surface area (Å²) >= 11 is 1.13. The molecule has 3 N–H and O–H groups in total. The zero-order valence-corrected chi connectivity index (χ0v) is 15.3. The standard InChI is InChI=1S/C18H26N2O3S/c1-12(2)9-15(11-24-13(3)21)18(23)20-16(17(19)22)10-14-7-5-4-6-8-14/h4-8,12,15-16H,9-11H2,1-3H3,(H2,19,22)(H,20,23)/t15?,16-/m0/s1. The molecule has 0 spiro atoms. The van der Waals surface area contributed by atoms with E-state index in [0.717, 1.165) is 17.3 Å². The fourth-order valence-corrected chi connectivity index (χ4v) is 3.12. The van der Waals surface area contributed by atoms with Crippen LogP contribution in [0.3, 0.4) is 0 Å². The third-order valence-corrected chi connectivity index (χ3v) is 4.53. The second kappa shape index (κ2) is 10.1. The molecule has 0 aromatic heterocycles. The first-order valence-electron chi connectivity index (χ1n) is 8.06. The summed E-state index contributed by atoms with van der Waals surface area (Å²) in [6.45, 7) is 5.53. The molecule has 132 valence electrons. The van der Waals surface area contributed by atoms with Crippen LogP contribution in [0, 0.1) is 11.8 Å². The lowest BCUT2D eigenvalue weighted by atomic mass is 9.97. The SMILES string of the molecule is CC(=O)SCC(CC(C)C)C(=O)N[C@@H](Cc1ccccc1)C(N)=O. The minimum Gasteiger partial charge on any atom is -0.368 e. The van der Waals surface area contributed by atoms with Crippen LogP contribution in [0.1, 0.15) is 32.8 Å². The summed E-state index contributed by atoms with van der Waals surface area (Å²) in [6, 6.07) is 8.66. The van der Waals surface area contributed by atoms with Gasteiger partial charge >= 0.3 is 0 Å². The van der Waals surface area contributed by atoms with E-state index in [2.05, 4.69) is 5.32 Å². The molecule has 1 rings (SSSR count). The van der Waals surface area contributed by atoms with E-state index in [0.29, 0.717) is 24.5 Å². The van der Waals surface area contributed by atoms with Crippen LogP contribution in [0.2, 0.25) is 0 Å². The second-order valence-electron chi connectivity index (χ2n) is 6.28. The minimum absolute atomic E-state index is 0.0210. The van der Waals surface area contributed by atoms with Gasteiger partial charge in [0.15, 0.2) is 5.12 Å². The first-order valence-corrected chi connectivity index (χ1v) is 9.05. The summed E-state index contributed by atoms with van der Waals surface area (Å²) < 4.78 is 0. The highest BCUT2D eigenvalue weighted by atomic mass is 32.2. The Kier molecular flexibility index (Phi) is 8.54. The molecule has 1 aromatic carbocycles. The van der Waals surface area contributed by atoms with Gasteiger partial charge in [-0.15, -0.1) is 0 Å². The van der Waals surface area contributed by atoms with Gasteiger partial charge in [-0.25, -0.2) is 0 Å². The number of carbonyl (C=O) groups excluding carboxylic acids is 3. The number of benzene rings is 1. The highest BCUT2D eigenvalue weighted by molar-refractivity contribution is 8.13. The lowest BCUT2D eigenvalue weighted by Crippen LogP contribution is -2.48. The summed E-state index contributed by atoms with van der Waals surface area (Å²) in [5.41, 5.74) is 6.37. The van der Waals surface area contributed by atoms with E-state index in [1.807, 2.05) is 44.2 Å². The van der Waals surface area contributed by atoms with Gasteiger partial charge in [0.1, 0.15) is 6.04 Å².